The molecule has 1 radical (unpaired) electrons. The molecule has 0 aromatic heterocycles. The molecule has 1 N–H and O–H groups in total. The summed E-state index contributed by atoms with van der Waals surface area (Å²) in [6.07, 6.45) is 9.86. The van der Waals surface area contributed by atoms with E-state index in [1.807, 2.05) is 33.8 Å². The average molecular weight is 562 g/mol. The van der Waals surface area contributed by atoms with E-state index in [4.69, 9.17) is 4.74 Å². The molecule has 0 heterocycles. The second kappa shape index (κ2) is 15.9. The van der Waals surface area contributed by atoms with Crippen molar-refractivity contribution in [2.75, 3.05) is 18.4 Å². The SMILES string of the molecule is C=C([CH]C1CCC(Nc2ccc(CC(F)(F)F)cc2)CC1)/C=C(\C=C/C)CCCN(CCC)C(=O)OC(C)(C)C. The molecular weight excluding hydrogens is 513 g/mol. The van der Waals surface area contributed by atoms with Crippen LogP contribution in [-0.2, 0) is 11.2 Å². The number of rotatable bonds is 13. The van der Waals surface area contributed by atoms with Crippen molar-refractivity contribution in [3.05, 3.63) is 72.2 Å². The van der Waals surface area contributed by atoms with Crippen LogP contribution in [-0.4, -0.2) is 41.9 Å². The van der Waals surface area contributed by atoms with Crippen LogP contribution >= 0.6 is 0 Å². The number of nitrogens with one attached hydrogen (secondary N) is 1. The van der Waals surface area contributed by atoms with Crippen molar-refractivity contribution in [1.29, 1.82) is 0 Å². The predicted octanol–water partition coefficient (Wildman–Crippen LogP) is 9.45. The third-order valence-electron chi connectivity index (χ3n) is 6.74. The summed E-state index contributed by atoms with van der Waals surface area (Å²) in [7, 11) is 0. The topological polar surface area (TPSA) is 41.6 Å². The lowest BCUT2D eigenvalue weighted by molar-refractivity contribution is -0.127. The van der Waals surface area contributed by atoms with E-state index in [1.165, 1.54) is 5.57 Å². The summed E-state index contributed by atoms with van der Waals surface area (Å²) < 4.78 is 43.3. The maximum Gasteiger partial charge on any atom is 0.410 e. The Morgan fingerprint density at radius 1 is 1.10 bits per heavy atom. The quantitative estimate of drug-likeness (QED) is 0.244. The summed E-state index contributed by atoms with van der Waals surface area (Å²) in [5.74, 6) is 0.454. The van der Waals surface area contributed by atoms with Gasteiger partial charge in [0.15, 0.2) is 0 Å². The number of nitrogens with zero attached hydrogens (tertiary/aromatic N) is 1. The van der Waals surface area contributed by atoms with E-state index in [0.717, 1.165) is 56.2 Å². The third kappa shape index (κ3) is 13.6. The zero-order chi connectivity index (χ0) is 29.8. The number of anilines is 1. The summed E-state index contributed by atoms with van der Waals surface area (Å²) >= 11 is 0. The third-order valence-corrected chi connectivity index (χ3v) is 6.74. The average Bonchev–Trinajstić information content (AvgIpc) is 2.84. The van der Waals surface area contributed by atoms with Crippen molar-refractivity contribution in [2.24, 2.45) is 5.92 Å². The van der Waals surface area contributed by atoms with Gasteiger partial charge in [-0.3, -0.25) is 0 Å². The number of allylic oxidation sites excluding steroid dienone is 5. The van der Waals surface area contributed by atoms with Crippen LogP contribution in [0.25, 0.3) is 0 Å². The number of benzene rings is 1. The zero-order valence-corrected chi connectivity index (χ0v) is 24.9. The van der Waals surface area contributed by atoms with Gasteiger partial charge < -0.3 is 15.0 Å². The molecule has 223 valence electrons. The van der Waals surface area contributed by atoms with E-state index in [0.29, 0.717) is 25.0 Å². The Hall–Kier alpha value is -2.70. The van der Waals surface area contributed by atoms with Gasteiger partial charge in [-0.05, 0) is 108 Å². The van der Waals surface area contributed by atoms with Gasteiger partial charge >= 0.3 is 12.3 Å². The molecule has 1 fully saturated rings. The Morgan fingerprint density at radius 3 is 2.30 bits per heavy atom. The molecule has 0 saturated heterocycles. The van der Waals surface area contributed by atoms with Crippen LogP contribution in [0.5, 0.6) is 0 Å². The van der Waals surface area contributed by atoms with Crippen LogP contribution in [0.1, 0.15) is 85.1 Å². The van der Waals surface area contributed by atoms with E-state index >= 15 is 0 Å². The molecule has 0 unspecified atom stereocenters. The van der Waals surface area contributed by atoms with Gasteiger partial charge in [-0.2, -0.15) is 13.2 Å². The van der Waals surface area contributed by atoms with Crippen molar-refractivity contribution < 1.29 is 22.7 Å². The predicted molar refractivity (Wildman–Crippen MR) is 159 cm³/mol. The van der Waals surface area contributed by atoms with Crippen molar-refractivity contribution in [1.82, 2.24) is 4.90 Å². The smallest absolute Gasteiger partial charge is 0.410 e. The number of ether oxygens (including phenoxy) is 1. The van der Waals surface area contributed by atoms with Gasteiger partial charge in [0.25, 0.3) is 0 Å². The first-order chi connectivity index (χ1) is 18.8. The number of alkyl halides is 3. The standard InChI is InChI=1S/C33H48F3N2O2/c1-7-10-26(11-9-21-38(20-8-2)31(39)40-32(4,5)6)22-25(3)23-27-12-16-29(17-13-27)37-30-18-14-28(15-19-30)24-33(34,35)36/h7,10,14-15,18-19,22-23,27,29,37H,3,8-9,11-13,16-17,20-21,24H2,1-2,4-6H3/b10-7-,26-22+. The first kappa shape index (κ1) is 33.5. The van der Waals surface area contributed by atoms with Gasteiger partial charge in [-0.25, -0.2) is 4.79 Å². The lowest BCUT2D eigenvalue weighted by Gasteiger charge is -2.30. The molecular formula is C33H48F3N2O2. The summed E-state index contributed by atoms with van der Waals surface area (Å²) in [4.78, 5) is 14.3. The van der Waals surface area contributed by atoms with Crippen LogP contribution in [0.3, 0.4) is 0 Å². The number of hydrogen-bond acceptors (Lipinski definition) is 3. The molecule has 0 spiro atoms. The van der Waals surface area contributed by atoms with Gasteiger partial charge in [0.05, 0.1) is 6.42 Å². The Labute approximate surface area is 239 Å². The normalized spacial score (nSPS) is 18.6. The molecule has 1 saturated carbocycles. The minimum atomic E-state index is -4.19. The van der Waals surface area contributed by atoms with Crippen molar-refractivity contribution in [3.63, 3.8) is 0 Å². The Bertz CT molecular complexity index is 982. The van der Waals surface area contributed by atoms with Gasteiger partial charge in [-0.1, -0.05) is 49.4 Å². The minimum Gasteiger partial charge on any atom is -0.444 e. The highest BCUT2D eigenvalue weighted by atomic mass is 19.4. The first-order valence-corrected chi connectivity index (χ1v) is 14.5. The lowest BCUT2D eigenvalue weighted by atomic mass is 9.82. The molecule has 2 rings (SSSR count). The molecule has 1 aromatic carbocycles. The van der Waals surface area contributed by atoms with Gasteiger partial charge in [0.2, 0.25) is 0 Å². The maximum absolute atomic E-state index is 12.6. The molecule has 1 aromatic rings. The first-order valence-electron chi connectivity index (χ1n) is 14.5. The fourth-order valence-corrected chi connectivity index (χ4v) is 4.99. The van der Waals surface area contributed by atoms with E-state index < -0.39 is 18.2 Å². The van der Waals surface area contributed by atoms with Gasteiger partial charge in [0.1, 0.15) is 5.60 Å². The Morgan fingerprint density at radius 2 is 1.75 bits per heavy atom. The highest BCUT2D eigenvalue weighted by Gasteiger charge is 2.27. The summed E-state index contributed by atoms with van der Waals surface area (Å²) in [6.45, 7) is 15.3. The molecule has 0 bridgehead atoms. The molecule has 1 aliphatic rings. The lowest BCUT2D eigenvalue weighted by Crippen LogP contribution is -2.37. The fourth-order valence-electron chi connectivity index (χ4n) is 4.99. The molecule has 1 amide bonds. The molecule has 0 atom stereocenters. The van der Waals surface area contributed by atoms with Crippen LogP contribution in [0.4, 0.5) is 23.7 Å². The highest BCUT2D eigenvalue weighted by Crippen LogP contribution is 2.31. The Balaban J connectivity index is 1.81. The van der Waals surface area contributed by atoms with E-state index in [1.54, 1.807) is 29.2 Å². The summed E-state index contributed by atoms with van der Waals surface area (Å²) in [5, 5.41) is 3.48. The molecule has 0 aliphatic heterocycles. The van der Waals surface area contributed by atoms with Crippen LogP contribution in [0.15, 0.2) is 60.2 Å². The Kier molecular flexibility index (Phi) is 13.3. The van der Waals surface area contributed by atoms with Crippen molar-refractivity contribution >= 4 is 11.8 Å². The molecule has 40 heavy (non-hydrogen) atoms. The van der Waals surface area contributed by atoms with Gasteiger partial charge in [0, 0.05) is 24.8 Å². The second-order valence-electron chi connectivity index (χ2n) is 11.8. The molecule has 7 heteroatoms. The number of carbonyl (C=O) groups excluding carboxylic acids is 1. The molecule has 4 nitrogen and oxygen atoms in total. The number of amides is 1. The van der Waals surface area contributed by atoms with Gasteiger partial charge in [-0.15, -0.1) is 0 Å². The number of hydrogen-bond donors (Lipinski definition) is 1. The van der Waals surface area contributed by atoms with E-state index in [9.17, 15) is 18.0 Å². The zero-order valence-electron chi connectivity index (χ0n) is 24.9. The van der Waals surface area contributed by atoms with Crippen LogP contribution in [0, 0.1) is 12.3 Å². The number of halogens is 3. The van der Waals surface area contributed by atoms with Crippen LogP contribution in [0.2, 0.25) is 0 Å². The van der Waals surface area contributed by atoms with Crippen molar-refractivity contribution in [3.8, 4) is 0 Å². The molecule has 1 aliphatic carbocycles. The summed E-state index contributed by atoms with van der Waals surface area (Å²) in [5.41, 5.74) is 2.83. The van der Waals surface area contributed by atoms with E-state index in [-0.39, 0.29) is 11.7 Å². The maximum atomic E-state index is 12.6. The van der Waals surface area contributed by atoms with Crippen LogP contribution < -0.4 is 5.32 Å². The number of carbonyl (C=O) groups is 1. The monoisotopic (exact) mass is 561 g/mol. The van der Waals surface area contributed by atoms with Crippen molar-refractivity contribution in [2.45, 2.75) is 104 Å². The van der Waals surface area contributed by atoms with E-state index in [2.05, 4.69) is 37.4 Å². The fraction of sp³-hybridized carbons (Fsp3) is 0.576. The largest absolute Gasteiger partial charge is 0.444 e. The minimum absolute atomic E-state index is 0.257. The highest BCUT2D eigenvalue weighted by molar-refractivity contribution is 5.68. The summed E-state index contributed by atoms with van der Waals surface area (Å²) in [6, 6.07) is 6.89. The second-order valence-corrected chi connectivity index (χ2v) is 11.8.